The summed E-state index contributed by atoms with van der Waals surface area (Å²) >= 11 is 4.53. The number of carbonyl (C=O) groups is 2. The molecular weight excluding hydrogens is 268 g/mol. The lowest BCUT2D eigenvalue weighted by Gasteiger charge is -2.08. The molecule has 0 spiro atoms. The van der Waals surface area contributed by atoms with Gasteiger partial charge in [-0.1, -0.05) is 0 Å². The summed E-state index contributed by atoms with van der Waals surface area (Å²) < 4.78 is 29.5. The van der Waals surface area contributed by atoms with Crippen molar-refractivity contribution in [3.05, 3.63) is 23.9 Å². The molecule has 0 fully saturated rings. The summed E-state index contributed by atoms with van der Waals surface area (Å²) in [7, 11) is 3.26. The molecule has 0 amide bonds. The zero-order chi connectivity index (χ0) is 14.3. The second-order valence-electron chi connectivity index (χ2n) is 3.46. The average molecular weight is 282 g/mol. The molecule has 0 saturated heterocycles. The van der Waals surface area contributed by atoms with Gasteiger partial charge in [0.2, 0.25) is 5.78 Å². The van der Waals surface area contributed by atoms with Gasteiger partial charge in [-0.05, 0) is 30.7 Å². The minimum atomic E-state index is -3.98. The number of esters is 1. The van der Waals surface area contributed by atoms with Crippen LogP contribution in [0, 0.1) is 0 Å². The lowest BCUT2D eigenvalue weighted by atomic mass is 10.2. The van der Waals surface area contributed by atoms with E-state index in [1.807, 2.05) is 0 Å². The van der Waals surface area contributed by atoms with Gasteiger partial charge >= 0.3 is 11.4 Å². The lowest BCUT2D eigenvalue weighted by Crippen LogP contribution is -2.19. The minimum Gasteiger partial charge on any atom is -0.462 e. The van der Waals surface area contributed by atoms with Crippen molar-refractivity contribution in [3.63, 3.8) is 0 Å². The van der Waals surface area contributed by atoms with Gasteiger partial charge < -0.3 is 9.64 Å². The highest BCUT2D eigenvalue weighted by molar-refractivity contribution is 6.34. The first-order valence-corrected chi connectivity index (χ1v) is 5.41. The van der Waals surface area contributed by atoms with Crippen LogP contribution in [0.1, 0.15) is 6.92 Å². The van der Waals surface area contributed by atoms with Crippen molar-refractivity contribution in [2.45, 2.75) is 12.3 Å². The second kappa shape index (κ2) is 7.10. The molecule has 0 unspecified atom stereocenters. The molecule has 0 aliphatic heterocycles. The summed E-state index contributed by atoms with van der Waals surface area (Å²) in [4.78, 5) is 23.8. The Morgan fingerprint density at radius 2 is 1.89 bits per heavy atom. The number of halogens is 3. The van der Waals surface area contributed by atoms with Crippen LogP contribution in [0.25, 0.3) is 0 Å². The number of carbonyl (C=O) groups excluding carboxylic acids is 2. The molecular formula is C11H14ClF2NO3. The summed E-state index contributed by atoms with van der Waals surface area (Å²) in [6, 6.07) is 0. The predicted molar refractivity (Wildman–Crippen MR) is 63.4 cm³/mol. The fourth-order valence-electron chi connectivity index (χ4n) is 0.916. The maximum Gasteiger partial charge on any atom is 0.384 e. The number of nitrogens with zero attached hydrogens (tertiary/aromatic N) is 1. The van der Waals surface area contributed by atoms with E-state index in [1.54, 1.807) is 21.0 Å². The van der Waals surface area contributed by atoms with Crippen molar-refractivity contribution in [1.29, 1.82) is 0 Å². The van der Waals surface area contributed by atoms with Gasteiger partial charge in [-0.2, -0.15) is 8.78 Å². The fourth-order valence-corrected chi connectivity index (χ4v) is 0.979. The molecule has 18 heavy (non-hydrogen) atoms. The first-order valence-electron chi connectivity index (χ1n) is 5.03. The molecule has 0 aromatic rings. The first kappa shape index (κ1) is 16.6. The number of ketones is 1. The Morgan fingerprint density at radius 3 is 2.28 bits per heavy atom. The summed E-state index contributed by atoms with van der Waals surface area (Å²) in [6.45, 7) is 1.74. The maximum atomic E-state index is 12.4. The van der Waals surface area contributed by atoms with E-state index in [2.05, 4.69) is 11.6 Å². The molecule has 0 aliphatic carbocycles. The minimum absolute atomic E-state index is 0.0314. The first-order chi connectivity index (χ1) is 8.18. The van der Waals surface area contributed by atoms with Crippen LogP contribution in [-0.4, -0.2) is 42.7 Å². The largest absolute Gasteiger partial charge is 0.462 e. The van der Waals surface area contributed by atoms with Crippen LogP contribution in [-0.2, 0) is 14.3 Å². The molecule has 0 saturated carbocycles. The molecule has 0 aliphatic rings. The predicted octanol–water partition coefficient (Wildman–Crippen LogP) is 1.95. The van der Waals surface area contributed by atoms with Gasteiger partial charge in [0.25, 0.3) is 0 Å². The van der Waals surface area contributed by atoms with E-state index in [1.165, 1.54) is 11.1 Å². The number of ether oxygens (including phenoxy) is 1. The van der Waals surface area contributed by atoms with Gasteiger partial charge in [-0.3, -0.25) is 4.79 Å². The smallest absolute Gasteiger partial charge is 0.384 e. The number of hydrogen-bond acceptors (Lipinski definition) is 4. The molecule has 102 valence electrons. The van der Waals surface area contributed by atoms with Gasteiger partial charge in [0, 0.05) is 20.3 Å². The molecule has 0 heterocycles. The van der Waals surface area contributed by atoms with E-state index in [0.717, 1.165) is 6.08 Å². The topological polar surface area (TPSA) is 46.6 Å². The van der Waals surface area contributed by atoms with Gasteiger partial charge in [-0.15, -0.1) is 0 Å². The Hall–Kier alpha value is -1.43. The van der Waals surface area contributed by atoms with E-state index in [0.29, 0.717) is 6.08 Å². The van der Waals surface area contributed by atoms with Crippen LogP contribution in [0.5, 0.6) is 0 Å². The van der Waals surface area contributed by atoms with E-state index >= 15 is 0 Å². The Bertz CT molecular complexity index is 373. The van der Waals surface area contributed by atoms with Crippen LogP contribution in [0.3, 0.4) is 0 Å². The molecule has 7 heteroatoms. The van der Waals surface area contributed by atoms with Gasteiger partial charge in [0.05, 0.1) is 12.2 Å². The van der Waals surface area contributed by atoms with Crippen molar-refractivity contribution in [1.82, 2.24) is 4.90 Å². The Morgan fingerprint density at radius 1 is 1.33 bits per heavy atom. The van der Waals surface area contributed by atoms with Gasteiger partial charge in [0.15, 0.2) is 0 Å². The third-order valence-corrected chi connectivity index (χ3v) is 1.79. The Labute approximate surface area is 109 Å². The average Bonchev–Trinajstić information content (AvgIpc) is 2.22. The van der Waals surface area contributed by atoms with Crippen LogP contribution >= 0.6 is 11.6 Å². The lowest BCUT2D eigenvalue weighted by molar-refractivity contribution is -0.138. The molecule has 0 radical (unpaired) electrons. The van der Waals surface area contributed by atoms with E-state index < -0.39 is 17.1 Å². The second-order valence-corrected chi connectivity index (χ2v) is 3.94. The highest BCUT2D eigenvalue weighted by Crippen LogP contribution is 2.20. The summed E-state index contributed by atoms with van der Waals surface area (Å²) in [6.07, 6.45) is 2.82. The third kappa shape index (κ3) is 6.34. The van der Waals surface area contributed by atoms with Crippen molar-refractivity contribution >= 4 is 23.4 Å². The zero-order valence-electron chi connectivity index (χ0n) is 10.2. The van der Waals surface area contributed by atoms with E-state index in [9.17, 15) is 18.4 Å². The van der Waals surface area contributed by atoms with E-state index in [4.69, 9.17) is 4.74 Å². The Balaban J connectivity index is 4.98. The molecule has 0 aromatic carbocycles. The van der Waals surface area contributed by atoms with Gasteiger partial charge in [0.1, 0.15) is 0 Å². The van der Waals surface area contributed by atoms with Crippen LogP contribution in [0.15, 0.2) is 23.9 Å². The SMILES string of the molecule is CCOC(=O)C(C=CC(=O)C(F)(F)Cl)=CN(C)C. The molecule has 0 N–H and O–H groups in total. The van der Waals surface area contributed by atoms with Gasteiger partial charge in [-0.25, -0.2) is 4.79 Å². The maximum absolute atomic E-state index is 12.4. The summed E-state index contributed by atoms with van der Waals surface area (Å²) in [5, 5.41) is -3.98. The highest BCUT2D eigenvalue weighted by Gasteiger charge is 2.33. The van der Waals surface area contributed by atoms with Crippen molar-refractivity contribution in [2.75, 3.05) is 20.7 Å². The number of rotatable bonds is 6. The van der Waals surface area contributed by atoms with Crippen molar-refractivity contribution in [3.8, 4) is 0 Å². The fraction of sp³-hybridized carbons (Fsp3) is 0.455. The van der Waals surface area contributed by atoms with E-state index in [-0.39, 0.29) is 12.2 Å². The normalized spacial score (nSPS) is 12.7. The molecule has 4 nitrogen and oxygen atoms in total. The third-order valence-electron chi connectivity index (χ3n) is 1.60. The van der Waals surface area contributed by atoms with Crippen LogP contribution in [0.4, 0.5) is 8.78 Å². The van der Waals surface area contributed by atoms with Crippen LogP contribution in [0.2, 0.25) is 0 Å². The highest BCUT2D eigenvalue weighted by atomic mass is 35.5. The Kier molecular flexibility index (Phi) is 6.54. The number of hydrogen-bond donors (Lipinski definition) is 0. The summed E-state index contributed by atoms with van der Waals surface area (Å²) in [5.41, 5.74) is -0.0314. The standard InChI is InChI=1S/C11H14ClF2NO3/c1-4-18-10(17)8(7-15(2)3)5-6-9(16)11(12,13)14/h5-7H,4H2,1-3H3. The zero-order valence-corrected chi connectivity index (χ0v) is 11.0. The molecule has 0 atom stereocenters. The van der Waals surface area contributed by atoms with Crippen LogP contribution < -0.4 is 0 Å². The molecule has 0 aromatic heterocycles. The molecule has 0 bridgehead atoms. The quantitative estimate of drug-likeness (QED) is 0.323. The number of allylic oxidation sites excluding steroid dienone is 1. The number of alkyl halides is 3. The monoisotopic (exact) mass is 281 g/mol. The summed E-state index contributed by atoms with van der Waals surface area (Å²) in [5.74, 6) is -2.31. The van der Waals surface area contributed by atoms with Crippen molar-refractivity contribution in [2.24, 2.45) is 0 Å². The molecule has 0 rings (SSSR count). The van der Waals surface area contributed by atoms with Crippen molar-refractivity contribution < 1.29 is 23.1 Å².